The minimum atomic E-state index is -0.0923. The number of benzene rings is 1. The van der Waals surface area contributed by atoms with E-state index in [1.807, 2.05) is 31.2 Å². The number of methoxy groups -OCH3 is 1. The molecule has 0 aromatic heterocycles. The van der Waals surface area contributed by atoms with Gasteiger partial charge in [0, 0.05) is 11.6 Å². The van der Waals surface area contributed by atoms with Gasteiger partial charge in [-0.1, -0.05) is 31.0 Å². The molecule has 1 saturated carbocycles. The molecule has 0 heterocycles. The molecule has 0 bridgehead atoms. The molecule has 1 aliphatic carbocycles. The Balaban J connectivity index is 1.92. The number of hydrogen-bond acceptors (Lipinski definition) is 2. The van der Waals surface area contributed by atoms with Gasteiger partial charge in [-0.25, -0.2) is 4.79 Å². The number of para-hydroxylation sites is 1. The number of urea groups is 1. The molecule has 19 heavy (non-hydrogen) atoms. The SMILES string of the molecule is COc1ccccc1[C@@H](C)NC(=O)NC1CCCC1. The molecule has 0 spiro atoms. The second-order valence-electron chi connectivity index (χ2n) is 5.06. The molecule has 1 atom stereocenters. The Morgan fingerprint density at radius 1 is 1.32 bits per heavy atom. The van der Waals surface area contributed by atoms with Gasteiger partial charge in [0.05, 0.1) is 13.2 Å². The molecule has 1 aliphatic rings. The normalized spacial score (nSPS) is 16.9. The van der Waals surface area contributed by atoms with E-state index in [4.69, 9.17) is 4.74 Å². The summed E-state index contributed by atoms with van der Waals surface area (Å²) in [5, 5.41) is 5.99. The average Bonchev–Trinajstić information content (AvgIpc) is 2.91. The predicted octanol–water partition coefficient (Wildman–Crippen LogP) is 3.00. The van der Waals surface area contributed by atoms with E-state index in [0.717, 1.165) is 24.2 Å². The molecule has 2 rings (SSSR count). The summed E-state index contributed by atoms with van der Waals surface area (Å²) in [5.41, 5.74) is 0.992. The molecule has 1 fully saturated rings. The van der Waals surface area contributed by atoms with Crippen LogP contribution in [0.5, 0.6) is 5.75 Å². The highest BCUT2D eigenvalue weighted by atomic mass is 16.5. The summed E-state index contributed by atoms with van der Waals surface area (Å²) < 4.78 is 5.31. The van der Waals surface area contributed by atoms with Crippen molar-refractivity contribution >= 4 is 6.03 Å². The minimum Gasteiger partial charge on any atom is -0.496 e. The van der Waals surface area contributed by atoms with Crippen LogP contribution in [-0.4, -0.2) is 19.2 Å². The number of ether oxygens (including phenoxy) is 1. The van der Waals surface area contributed by atoms with Gasteiger partial charge in [-0.2, -0.15) is 0 Å². The lowest BCUT2D eigenvalue weighted by atomic mass is 10.1. The molecule has 2 amide bonds. The monoisotopic (exact) mass is 262 g/mol. The van der Waals surface area contributed by atoms with Crippen LogP contribution in [0.3, 0.4) is 0 Å². The first-order valence-corrected chi connectivity index (χ1v) is 6.90. The van der Waals surface area contributed by atoms with Crippen LogP contribution in [0.15, 0.2) is 24.3 Å². The minimum absolute atomic E-state index is 0.0717. The second-order valence-corrected chi connectivity index (χ2v) is 5.06. The largest absolute Gasteiger partial charge is 0.496 e. The van der Waals surface area contributed by atoms with Crippen LogP contribution >= 0.6 is 0 Å². The molecule has 4 heteroatoms. The Labute approximate surface area is 114 Å². The first-order chi connectivity index (χ1) is 9.20. The highest BCUT2D eigenvalue weighted by molar-refractivity contribution is 5.74. The number of amides is 2. The van der Waals surface area contributed by atoms with Crippen LogP contribution in [0.25, 0.3) is 0 Å². The lowest BCUT2D eigenvalue weighted by Crippen LogP contribution is -2.41. The smallest absolute Gasteiger partial charge is 0.315 e. The van der Waals surface area contributed by atoms with Gasteiger partial charge >= 0.3 is 6.03 Å². The van der Waals surface area contributed by atoms with E-state index in [1.165, 1.54) is 12.8 Å². The summed E-state index contributed by atoms with van der Waals surface area (Å²) in [6.07, 6.45) is 4.62. The van der Waals surface area contributed by atoms with Gasteiger partial charge in [0.2, 0.25) is 0 Å². The van der Waals surface area contributed by atoms with Crippen LogP contribution in [0.2, 0.25) is 0 Å². The van der Waals surface area contributed by atoms with E-state index < -0.39 is 0 Å². The summed E-state index contributed by atoms with van der Waals surface area (Å²) >= 11 is 0. The molecule has 0 aliphatic heterocycles. The standard InChI is InChI=1S/C15H22N2O2/c1-11(13-9-5-6-10-14(13)19-2)16-15(18)17-12-7-3-4-8-12/h5-6,9-12H,3-4,7-8H2,1-2H3,(H2,16,17,18)/t11-/m1/s1. The molecular formula is C15H22N2O2. The zero-order chi connectivity index (χ0) is 13.7. The lowest BCUT2D eigenvalue weighted by molar-refractivity contribution is 0.234. The van der Waals surface area contributed by atoms with Crippen LogP contribution in [0.1, 0.15) is 44.2 Å². The highest BCUT2D eigenvalue weighted by Crippen LogP contribution is 2.24. The van der Waals surface area contributed by atoms with Gasteiger partial charge in [-0.3, -0.25) is 0 Å². The average molecular weight is 262 g/mol. The zero-order valence-corrected chi connectivity index (χ0v) is 11.6. The molecule has 4 nitrogen and oxygen atoms in total. The van der Waals surface area contributed by atoms with Crippen LogP contribution in [0, 0.1) is 0 Å². The topological polar surface area (TPSA) is 50.4 Å². The fourth-order valence-corrected chi connectivity index (χ4v) is 2.60. The van der Waals surface area contributed by atoms with E-state index in [-0.39, 0.29) is 12.1 Å². The van der Waals surface area contributed by atoms with Crippen molar-refractivity contribution in [2.24, 2.45) is 0 Å². The fraction of sp³-hybridized carbons (Fsp3) is 0.533. The summed E-state index contributed by atoms with van der Waals surface area (Å²) in [5.74, 6) is 0.802. The maximum absolute atomic E-state index is 11.9. The number of nitrogens with one attached hydrogen (secondary N) is 2. The molecule has 1 aromatic rings. The number of rotatable bonds is 4. The third-order valence-corrected chi connectivity index (χ3v) is 3.64. The number of carbonyl (C=O) groups excluding carboxylic acids is 1. The van der Waals surface area contributed by atoms with Crippen molar-refractivity contribution in [2.45, 2.75) is 44.7 Å². The zero-order valence-electron chi connectivity index (χ0n) is 11.6. The quantitative estimate of drug-likeness (QED) is 0.876. The van der Waals surface area contributed by atoms with Crippen molar-refractivity contribution in [3.8, 4) is 5.75 Å². The number of carbonyl (C=O) groups is 1. The molecule has 0 saturated heterocycles. The van der Waals surface area contributed by atoms with Gasteiger partial charge < -0.3 is 15.4 Å². The van der Waals surface area contributed by atoms with E-state index in [9.17, 15) is 4.79 Å². The molecule has 0 radical (unpaired) electrons. The van der Waals surface area contributed by atoms with Crippen LogP contribution < -0.4 is 15.4 Å². The predicted molar refractivity (Wildman–Crippen MR) is 75.3 cm³/mol. The molecule has 0 unspecified atom stereocenters. The van der Waals surface area contributed by atoms with Crippen molar-refractivity contribution in [2.75, 3.05) is 7.11 Å². The summed E-state index contributed by atoms with van der Waals surface area (Å²) in [6.45, 7) is 1.96. The Bertz CT molecular complexity index is 428. The second kappa shape index (κ2) is 6.45. The van der Waals surface area contributed by atoms with E-state index >= 15 is 0 Å². The van der Waals surface area contributed by atoms with E-state index in [0.29, 0.717) is 6.04 Å². The summed E-state index contributed by atoms with van der Waals surface area (Å²) in [7, 11) is 1.64. The molecule has 1 aromatic carbocycles. The third kappa shape index (κ3) is 3.63. The third-order valence-electron chi connectivity index (χ3n) is 3.64. The first-order valence-electron chi connectivity index (χ1n) is 6.90. The Morgan fingerprint density at radius 2 is 2.00 bits per heavy atom. The van der Waals surface area contributed by atoms with Crippen molar-refractivity contribution in [3.63, 3.8) is 0 Å². The van der Waals surface area contributed by atoms with Gasteiger partial charge in [0.1, 0.15) is 5.75 Å². The van der Waals surface area contributed by atoms with Crippen molar-refractivity contribution < 1.29 is 9.53 Å². The Kier molecular flexibility index (Phi) is 4.66. The fourth-order valence-electron chi connectivity index (χ4n) is 2.60. The van der Waals surface area contributed by atoms with E-state index in [2.05, 4.69) is 10.6 Å². The van der Waals surface area contributed by atoms with Gasteiger partial charge in [0.15, 0.2) is 0 Å². The highest BCUT2D eigenvalue weighted by Gasteiger charge is 2.19. The Hall–Kier alpha value is -1.71. The van der Waals surface area contributed by atoms with Crippen molar-refractivity contribution in [1.82, 2.24) is 10.6 Å². The summed E-state index contributed by atoms with van der Waals surface area (Å²) in [4.78, 5) is 11.9. The summed E-state index contributed by atoms with van der Waals surface area (Å²) in [6, 6.07) is 7.92. The molecule has 2 N–H and O–H groups in total. The lowest BCUT2D eigenvalue weighted by Gasteiger charge is -2.19. The van der Waals surface area contributed by atoms with Crippen molar-refractivity contribution in [3.05, 3.63) is 29.8 Å². The molecular weight excluding hydrogens is 240 g/mol. The van der Waals surface area contributed by atoms with E-state index in [1.54, 1.807) is 7.11 Å². The Morgan fingerprint density at radius 3 is 2.68 bits per heavy atom. The maximum atomic E-state index is 11.9. The van der Waals surface area contributed by atoms with Gasteiger partial charge in [-0.05, 0) is 25.8 Å². The van der Waals surface area contributed by atoms with Crippen molar-refractivity contribution in [1.29, 1.82) is 0 Å². The van der Waals surface area contributed by atoms with Gasteiger partial charge in [-0.15, -0.1) is 0 Å². The maximum Gasteiger partial charge on any atom is 0.315 e. The first kappa shape index (κ1) is 13.7. The van der Waals surface area contributed by atoms with Crippen LogP contribution in [0.4, 0.5) is 4.79 Å². The number of hydrogen-bond donors (Lipinski definition) is 2. The van der Waals surface area contributed by atoms with Gasteiger partial charge in [0.25, 0.3) is 0 Å². The molecule has 104 valence electrons. The van der Waals surface area contributed by atoms with Crippen LogP contribution in [-0.2, 0) is 0 Å².